The van der Waals surface area contributed by atoms with Crippen molar-refractivity contribution >= 4 is 17.6 Å². The Hall–Kier alpha value is -3.00. The Morgan fingerprint density at radius 3 is 2.72 bits per heavy atom. The van der Waals surface area contributed by atoms with Crippen molar-refractivity contribution in [3.63, 3.8) is 0 Å². The number of hydrogen-bond donors (Lipinski definition) is 0. The summed E-state index contributed by atoms with van der Waals surface area (Å²) < 4.78 is 21.9. The normalized spacial score (nSPS) is 18.8. The van der Waals surface area contributed by atoms with Crippen LogP contribution >= 0.6 is 0 Å². The molecule has 0 N–H and O–H groups in total. The van der Waals surface area contributed by atoms with E-state index < -0.39 is 12.1 Å². The summed E-state index contributed by atoms with van der Waals surface area (Å²) in [7, 11) is 1.32. The molecule has 3 heterocycles. The van der Waals surface area contributed by atoms with Gasteiger partial charge in [0, 0.05) is 18.7 Å². The van der Waals surface area contributed by atoms with Gasteiger partial charge in [-0.3, -0.25) is 4.79 Å². The lowest BCUT2D eigenvalue weighted by Gasteiger charge is -2.38. The van der Waals surface area contributed by atoms with Gasteiger partial charge in [-0.1, -0.05) is 12.1 Å². The summed E-state index contributed by atoms with van der Waals surface area (Å²) in [6.07, 6.45) is -0.612. The predicted octanol–water partition coefficient (Wildman–Crippen LogP) is 2.00. The van der Waals surface area contributed by atoms with Crippen molar-refractivity contribution in [2.24, 2.45) is 0 Å². The Morgan fingerprint density at radius 2 is 1.97 bits per heavy atom. The van der Waals surface area contributed by atoms with Crippen molar-refractivity contribution in [2.75, 3.05) is 44.9 Å². The second-order valence-electron chi connectivity index (χ2n) is 7.11. The summed E-state index contributed by atoms with van der Waals surface area (Å²) in [6, 6.07) is 9.43. The van der Waals surface area contributed by atoms with E-state index in [4.69, 9.17) is 18.6 Å². The lowest BCUT2D eigenvalue weighted by Crippen LogP contribution is -2.52. The first-order chi connectivity index (χ1) is 14.1. The number of esters is 1. The summed E-state index contributed by atoms with van der Waals surface area (Å²) >= 11 is 0. The molecule has 0 saturated carbocycles. The average molecular weight is 400 g/mol. The van der Waals surface area contributed by atoms with Crippen LogP contribution in [0.1, 0.15) is 21.9 Å². The topological polar surface area (TPSA) is 81.5 Å². The molecule has 1 saturated heterocycles. The molecule has 2 aromatic rings. The highest BCUT2D eigenvalue weighted by Crippen LogP contribution is 2.35. The van der Waals surface area contributed by atoms with Crippen molar-refractivity contribution in [3.8, 4) is 5.75 Å². The Kier molecular flexibility index (Phi) is 5.44. The molecular formula is C21H24N2O6. The number of rotatable bonds is 4. The molecule has 4 rings (SSSR count). The largest absolute Gasteiger partial charge is 0.477 e. The highest BCUT2D eigenvalue weighted by molar-refractivity contribution is 5.88. The number of carbonyl (C=O) groups excluding carboxylic acids is 2. The molecule has 0 radical (unpaired) electrons. The number of anilines is 1. The molecule has 1 fully saturated rings. The molecule has 0 spiro atoms. The quantitative estimate of drug-likeness (QED) is 0.726. The van der Waals surface area contributed by atoms with Gasteiger partial charge in [0.05, 0.1) is 39.1 Å². The molecule has 1 amide bonds. The highest BCUT2D eigenvalue weighted by Gasteiger charge is 2.34. The van der Waals surface area contributed by atoms with E-state index in [9.17, 15) is 9.59 Å². The zero-order chi connectivity index (χ0) is 20.4. The summed E-state index contributed by atoms with van der Waals surface area (Å²) in [5.41, 5.74) is 1.60. The fraction of sp³-hybridized carbons (Fsp3) is 0.429. The Labute approximate surface area is 168 Å². The van der Waals surface area contributed by atoms with Crippen LogP contribution < -0.4 is 9.64 Å². The molecule has 0 bridgehead atoms. The average Bonchev–Trinajstić information content (AvgIpc) is 3.13. The molecule has 2 aliphatic rings. The summed E-state index contributed by atoms with van der Waals surface area (Å²) in [5.74, 6) is 0.930. The van der Waals surface area contributed by atoms with Crippen LogP contribution in [0.5, 0.6) is 5.75 Å². The molecule has 1 atom stereocenters. The Morgan fingerprint density at radius 1 is 1.21 bits per heavy atom. The minimum absolute atomic E-state index is 0.0429. The van der Waals surface area contributed by atoms with Gasteiger partial charge in [0.1, 0.15) is 11.5 Å². The van der Waals surface area contributed by atoms with E-state index in [0.29, 0.717) is 56.5 Å². The number of ether oxygens (including phenoxy) is 3. The highest BCUT2D eigenvalue weighted by atomic mass is 16.5. The van der Waals surface area contributed by atoms with Crippen LogP contribution in [-0.4, -0.2) is 62.8 Å². The van der Waals surface area contributed by atoms with E-state index in [1.165, 1.54) is 7.11 Å². The maximum atomic E-state index is 13.0. The minimum atomic E-state index is -0.612. The number of nitrogens with zero attached hydrogens (tertiary/aromatic N) is 2. The standard InChI is InChI=1S/C21H24N2O6/c1-14-11-15(28-19(14)21(25)26-2)12-23-13-18(20(24)22-7-9-27-10-8-22)29-17-6-4-3-5-16(17)23/h3-6,11,18H,7-10,12-13H2,1-2H3. The van der Waals surface area contributed by atoms with Crippen LogP contribution in [0.15, 0.2) is 34.7 Å². The lowest BCUT2D eigenvalue weighted by atomic mass is 10.1. The number of para-hydroxylation sites is 2. The first-order valence-corrected chi connectivity index (χ1v) is 9.61. The second kappa shape index (κ2) is 8.16. The molecule has 1 aromatic heterocycles. The zero-order valence-corrected chi connectivity index (χ0v) is 16.6. The van der Waals surface area contributed by atoms with E-state index in [1.807, 2.05) is 35.2 Å². The predicted molar refractivity (Wildman–Crippen MR) is 104 cm³/mol. The summed E-state index contributed by atoms with van der Waals surface area (Å²) in [4.78, 5) is 28.7. The van der Waals surface area contributed by atoms with Crippen molar-refractivity contribution < 1.29 is 28.2 Å². The van der Waals surface area contributed by atoms with Gasteiger partial charge in [-0.2, -0.15) is 0 Å². The summed E-state index contributed by atoms with van der Waals surface area (Å²) in [5, 5.41) is 0. The van der Waals surface area contributed by atoms with Crippen LogP contribution in [0.25, 0.3) is 0 Å². The SMILES string of the molecule is COC(=O)c1oc(CN2CC(C(=O)N3CCOCC3)Oc3ccccc32)cc1C. The van der Waals surface area contributed by atoms with E-state index in [0.717, 1.165) is 5.69 Å². The minimum Gasteiger partial charge on any atom is -0.477 e. The van der Waals surface area contributed by atoms with Gasteiger partial charge in [-0.15, -0.1) is 0 Å². The number of furan rings is 1. The Balaban J connectivity index is 1.57. The second-order valence-corrected chi connectivity index (χ2v) is 7.11. The molecule has 154 valence electrons. The first kappa shape index (κ1) is 19.3. The summed E-state index contributed by atoms with van der Waals surface area (Å²) in [6.45, 7) is 4.82. The Bertz CT molecular complexity index is 902. The molecular weight excluding hydrogens is 376 g/mol. The number of methoxy groups -OCH3 is 1. The fourth-order valence-electron chi connectivity index (χ4n) is 3.68. The van der Waals surface area contributed by atoms with Crippen LogP contribution in [0.3, 0.4) is 0 Å². The molecule has 8 nitrogen and oxygen atoms in total. The van der Waals surface area contributed by atoms with Crippen LogP contribution in [0.4, 0.5) is 5.69 Å². The third kappa shape index (κ3) is 3.93. The van der Waals surface area contributed by atoms with E-state index >= 15 is 0 Å². The molecule has 0 aliphatic carbocycles. The van der Waals surface area contributed by atoms with Gasteiger partial charge in [-0.05, 0) is 25.1 Å². The lowest BCUT2D eigenvalue weighted by molar-refractivity contribution is -0.142. The number of fused-ring (bicyclic) bond motifs is 1. The monoisotopic (exact) mass is 400 g/mol. The number of carbonyl (C=O) groups is 2. The van der Waals surface area contributed by atoms with E-state index in [1.54, 1.807) is 11.8 Å². The van der Waals surface area contributed by atoms with Gasteiger partial charge in [0.25, 0.3) is 5.91 Å². The number of benzene rings is 1. The number of amides is 1. The molecule has 2 aliphatic heterocycles. The molecule has 29 heavy (non-hydrogen) atoms. The smallest absolute Gasteiger partial charge is 0.374 e. The molecule has 8 heteroatoms. The van der Waals surface area contributed by atoms with Crippen molar-refractivity contribution in [1.82, 2.24) is 4.90 Å². The zero-order valence-electron chi connectivity index (χ0n) is 16.6. The van der Waals surface area contributed by atoms with Crippen LogP contribution in [0, 0.1) is 6.92 Å². The maximum absolute atomic E-state index is 13.0. The maximum Gasteiger partial charge on any atom is 0.374 e. The van der Waals surface area contributed by atoms with Crippen molar-refractivity contribution in [2.45, 2.75) is 19.6 Å². The fourth-order valence-corrected chi connectivity index (χ4v) is 3.68. The van der Waals surface area contributed by atoms with Gasteiger partial charge >= 0.3 is 5.97 Å². The molecule has 1 aromatic carbocycles. The third-order valence-electron chi connectivity index (χ3n) is 5.15. The third-order valence-corrected chi connectivity index (χ3v) is 5.15. The van der Waals surface area contributed by atoms with Crippen LogP contribution in [0.2, 0.25) is 0 Å². The van der Waals surface area contributed by atoms with Crippen molar-refractivity contribution in [1.29, 1.82) is 0 Å². The van der Waals surface area contributed by atoms with Gasteiger partial charge in [0.2, 0.25) is 5.76 Å². The number of morpholine rings is 1. The van der Waals surface area contributed by atoms with Gasteiger partial charge < -0.3 is 28.4 Å². The number of hydrogen-bond acceptors (Lipinski definition) is 7. The number of aryl methyl sites for hydroxylation is 1. The van der Waals surface area contributed by atoms with E-state index in [2.05, 4.69) is 0 Å². The van der Waals surface area contributed by atoms with Crippen molar-refractivity contribution in [3.05, 3.63) is 47.4 Å². The van der Waals surface area contributed by atoms with Gasteiger partial charge in [-0.25, -0.2) is 4.79 Å². The van der Waals surface area contributed by atoms with Gasteiger partial charge in [0.15, 0.2) is 6.10 Å². The first-order valence-electron chi connectivity index (χ1n) is 9.61. The van der Waals surface area contributed by atoms with E-state index in [-0.39, 0.29) is 11.7 Å². The molecule has 1 unspecified atom stereocenters. The van der Waals surface area contributed by atoms with Crippen LogP contribution in [-0.2, 0) is 20.8 Å².